The van der Waals surface area contributed by atoms with Gasteiger partial charge in [-0.1, -0.05) is 24.3 Å². The molecule has 0 atom stereocenters. The monoisotopic (exact) mass is 212 g/mol. The van der Waals surface area contributed by atoms with Gasteiger partial charge >= 0.3 is 0 Å². The third kappa shape index (κ3) is 1.70. The molecule has 0 unspecified atom stereocenters. The predicted molar refractivity (Wildman–Crippen MR) is 53.0 cm³/mol. The largest absolute Gasteiger partial charge is 0.228 e. The Morgan fingerprint density at radius 1 is 1.21 bits per heavy atom. The van der Waals surface area contributed by atoms with Crippen LogP contribution in [0.4, 0.5) is 4.39 Å². The molecule has 0 spiro atoms. The lowest BCUT2D eigenvalue weighted by atomic mass is 10.1. The van der Waals surface area contributed by atoms with Crippen LogP contribution >= 0.6 is 0 Å². The van der Waals surface area contributed by atoms with E-state index < -0.39 is 9.84 Å². The maximum atomic E-state index is 13.3. The first-order valence-electron chi connectivity index (χ1n) is 4.23. The molecule has 0 saturated heterocycles. The number of halogens is 1. The van der Waals surface area contributed by atoms with Crippen LogP contribution in [0, 0.1) is 5.82 Å². The van der Waals surface area contributed by atoms with Gasteiger partial charge in [-0.2, -0.15) is 0 Å². The van der Waals surface area contributed by atoms with Crippen molar-refractivity contribution >= 4 is 15.4 Å². The summed E-state index contributed by atoms with van der Waals surface area (Å²) in [6.07, 6.45) is 1.58. The lowest BCUT2D eigenvalue weighted by Gasteiger charge is -2.01. The molecular weight excluding hydrogens is 203 g/mol. The molecule has 0 amide bonds. The van der Waals surface area contributed by atoms with Crippen LogP contribution in [0.5, 0.6) is 0 Å². The maximum absolute atomic E-state index is 13.3. The average Bonchev–Trinajstić information content (AvgIpc) is 2.47. The van der Waals surface area contributed by atoms with E-state index in [9.17, 15) is 12.8 Å². The standard InChI is InChI=1S/C10H9FO2S/c11-10-4-2-1-3-9(10)8-5-6-14(12,13)7-8/h1-5H,6-7H2. The van der Waals surface area contributed by atoms with E-state index in [4.69, 9.17) is 0 Å². The SMILES string of the molecule is O=S1(=O)CC=C(c2ccccc2F)C1. The first-order valence-corrected chi connectivity index (χ1v) is 6.05. The van der Waals surface area contributed by atoms with Crippen LogP contribution in [0.1, 0.15) is 5.56 Å². The first-order chi connectivity index (χ1) is 6.58. The molecule has 4 heteroatoms. The molecule has 2 nitrogen and oxygen atoms in total. The van der Waals surface area contributed by atoms with Crippen molar-refractivity contribution in [2.45, 2.75) is 0 Å². The Morgan fingerprint density at radius 2 is 1.93 bits per heavy atom. The van der Waals surface area contributed by atoms with Crippen LogP contribution in [0.3, 0.4) is 0 Å². The molecule has 0 aromatic heterocycles. The molecule has 1 aliphatic heterocycles. The predicted octanol–water partition coefficient (Wildman–Crippen LogP) is 1.64. The zero-order valence-corrected chi connectivity index (χ0v) is 8.22. The summed E-state index contributed by atoms with van der Waals surface area (Å²) in [4.78, 5) is 0. The second kappa shape index (κ2) is 3.20. The second-order valence-corrected chi connectivity index (χ2v) is 5.37. The lowest BCUT2D eigenvalue weighted by Crippen LogP contribution is -2.03. The van der Waals surface area contributed by atoms with Gasteiger partial charge in [0.05, 0.1) is 11.5 Å². The van der Waals surface area contributed by atoms with E-state index >= 15 is 0 Å². The van der Waals surface area contributed by atoms with Crippen molar-refractivity contribution in [3.8, 4) is 0 Å². The van der Waals surface area contributed by atoms with Crippen molar-refractivity contribution in [2.75, 3.05) is 11.5 Å². The molecule has 74 valence electrons. The van der Waals surface area contributed by atoms with Crippen molar-refractivity contribution in [1.29, 1.82) is 0 Å². The second-order valence-electron chi connectivity index (χ2n) is 3.26. The van der Waals surface area contributed by atoms with Crippen LogP contribution < -0.4 is 0 Å². The smallest absolute Gasteiger partial charge is 0.158 e. The highest BCUT2D eigenvalue weighted by Gasteiger charge is 2.22. The molecule has 1 aromatic carbocycles. The Morgan fingerprint density at radius 3 is 2.50 bits per heavy atom. The molecule has 0 saturated carbocycles. The summed E-state index contributed by atoms with van der Waals surface area (Å²) in [6, 6.07) is 6.22. The number of rotatable bonds is 1. The molecule has 14 heavy (non-hydrogen) atoms. The first kappa shape index (κ1) is 9.40. The third-order valence-electron chi connectivity index (χ3n) is 2.18. The molecule has 0 radical (unpaired) electrons. The summed E-state index contributed by atoms with van der Waals surface area (Å²) in [5.74, 6) is -0.388. The molecular formula is C10H9FO2S. The van der Waals surface area contributed by atoms with E-state index in [0.717, 1.165) is 0 Å². The Labute approximate surface area is 82.0 Å². The molecule has 1 aromatic rings. The Bertz CT molecular complexity index is 489. The van der Waals surface area contributed by atoms with Gasteiger partial charge in [-0.3, -0.25) is 0 Å². The quantitative estimate of drug-likeness (QED) is 0.709. The van der Waals surface area contributed by atoms with Gasteiger partial charge in [-0.05, 0) is 11.6 Å². The molecule has 0 fully saturated rings. The fourth-order valence-electron chi connectivity index (χ4n) is 1.49. The summed E-state index contributed by atoms with van der Waals surface area (Å²) < 4.78 is 35.6. The summed E-state index contributed by atoms with van der Waals surface area (Å²) in [6.45, 7) is 0. The number of benzene rings is 1. The Hall–Kier alpha value is -1.16. The third-order valence-corrected chi connectivity index (χ3v) is 3.60. The molecule has 1 aliphatic rings. The Balaban J connectivity index is 2.40. The highest BCUT2D eigenvalue weighted by molar-refractivity contribution is 7.92. The van der Waals surface area contributed by atoms with Gasteiger partial charge in [0, 0.05) is 5.56 Å². The molecule has 0 N–H and O–H groups in total. The van der Waals surface area contributed by atoms with Crippen LogP contribution in [0.15, 0.2) is 30.3 Å². The minimum Gasteiger partial charge on any atom is -0.228 e. The number of hydrogen-bond acceptors (Lipinski definition) is 2. The number of sulfone groups is 1. The average molecular weight is 212 g/mol. The maximum Gasteiger partial charge on any atom is 0.158 e. The fourth-order valence-corrected chi connectivity index (χ4v) is 2.81. The molecule has 2 rings (SSSR count). The van der Waals surface area contributed by atoms with E-state index in [1.807, 2.05) is 0 Å². The van der Waals surface area contributed by atoms with Gasteiger partial charge in [-0.25, -0.2) is 12.8 Å². The molecule has 0 bridgehead atoms. The Kier molecular flexibility index (Phi) is 2.15. The van der Waals surface area contributed by atoms with E-state index in [0.29, 0.717) is 11.1 Å². The van der Waals surface area contributed by atoms with Crippen LogP contribution in [-0.4, -0.2) is 19.9 Å². The fraction of sp³-hybridized carbons (Fsp3) is 0.200. The van der Waals surface area contributed by atoms with Crippen LogP contribution in [0.25, 0.3) is 5.57 Å². The summed E-state index contributed by atoms with van der Waals surface area (Å²) in [5, 5.41) is 0. The molecule has 0 aliphatic carbocycles. The summed E-state index contributed by atoms with van der Waals surface area (Å²) >= 11 is 0. The van der Waals surface area contributed by atoms with Crippen molar-refractivity contribution in [3.05, 3.63) is 41.7 Å². The van der Waals surface area contributed by atoms with Crippen molar-refractivity contribution in [3.63, 3.8) is 0 Å². The lowest BCUT2D eigenvalue weighted by molar-refractivity contribution is 0.603. The van der Waals surface area contributed by atoms with E-state index in [1.165, 1.54) is 6.07 Å². The topological polar surface area (TPSA) is 34.1 Å². The highest BCUT2D eigenvalue weighted by Crippen LogP contribution is 2.24. The van der Waals surface area contributed by atoms with E-state index in [1.54, 1.807) is 24.3 Å². The van der Waals surface area contributed by atoms with Gasteiger partial charge < -0.3 is 0 Å². The van der Waals surface area contributed by atoms with Crippen LogP contribution in [0.2, 0.25) is 0 Å². The van der Waals surface area contributed by atoms with Crippen molar-refractivity contribution < 1.29 is 12.8 Å². The van der Waals surface area contributed by atoms with Gasteiger partial charge in [0.1, 0.15) is 5.82 Å². The normalized spacial score (nSPS) is 19.4. The van der Waals surface area contributed by atoms with Gasteiger partial charge in [0.15, 0.2) is 9.84 Å². The van der Waals surface area contributed by atoms with Crippen molar-refractivity contribution in [1.82, 2.24) is 0 Å². The van der Waals surface area contributed by atoms with E-state index in [-0.39, 0.29) is 17.3 Å². The highest BCUT2D eigenvalue weighted by atomic mass is 32.2. The summed E-state index contributed by atoms with van der Waals surface area (Å²) in [5.41, 5.74) is 0.969. The molecule has 1 heterocycles. The minimum absolute atomic E-state index is 0.0245. The minimum atomic E-state index is -3.02. The van der Waals surface area contributed by atoms with Gasteiger partial charge in [0.25, 0.3) is 0 Å². The number of hydrogen-bond donors (Lipinski definition) is 0. The van der Waals surface area contributed by atoms with E-state index in [2.05, 4.69) is 0 Å². The van der Waals surface area contributed by atoms with Crippen molar-refractivity contribution in [2.24, 2.45) is 0 Å². The zero-order chi connectivity index (χ0) is 10.2. The van der Waals surface area contributed by atoms with Gasteiger partial charge in [0.2, 0.25) is 0 Å². The zero-order valence-electron chi connectivity index (χ0n) is 7.40. The van der Waals surface area contributed by atoms with Crippen LogP contribution in [-0.2, 0) is 9.84 Å². The summed E-state index contributed by atoms with van der Waals surface area (Å²) in [7, 11) is -3.02. The van der Waals surface area contributed by atoms with Gasteiger partial charge in [-0.15, -0.1) is 0 Å².